The second-order valence-electron chi connectivity index (χ2n) is 26.4. The minimum absolute atomic E-state index is 0.0138. The van der Waals surface area contributed by atoms with Crippen LogP contribution in [0.1, 0.15) is 144 Å². The Morgan fingerprint density at radius 3 is 1.32 bits per heavy atom. The van der Waals surface area contributed by atoms with Crippen LogP contribution in [-0.4, -0.2) is 198 Å². The van der Waals surface area contributed by atoms with Gasteiger partial charge in [0, 0.05) is 141 Å². The molecule has 10 aromatic rings. The number of esters is 4. The number of halogens is 1. The largest absolute Gasteiger partial charge is 0.480 e. The third-order valence-electron chi connectivity index (χ3n) is 18.4. The van der Waals surface area contributed by atoms with Gasteiger partial charge >= 0.3 is 29.8 Å². The van der Waals surface area contributed by atoms with E-state index in [1.807, 2.05) is 49.7 Å². The number of aromatic nitrogens is 8. The number of nitriles is 2. The van der Waals surface area contributed by atoms with Crippen molar-refractivity contribution >= 4 is 109 Å². The Kier molecular flexibility index (Phi) is 32.2. The number of ether oxygens (including phenoxy) is 4. The zero-order chi connectivity index (χ0) is 78.2. The number of H-pyrrole nitrogens is 4. The number of benzene rings is 2. The number of pyridine rings is 4. The number of anilines is 3. The van der Waals surface area contributed by atoms with Gasteiger partial charge in [-0.2, -0.15) is 10.5 Å². The van der Waals surface area contributed by atoms with Crippen LogP contribution in [0.4, 0.5) is 17.1 Å². The first-order chi connectivity index (χ1) is 53.5. The molecule has 4 saturated heterocycles. The molecular weight excluding hydrogens is 1420 g/mol. The van der Waals surface area contributed by atoms with E-state index >= 15 is 0 Å². The molecule has 12 heterocycles. The molecule has 580 valence electrons. The lowest BCUT2D eigenvalue weighted by Gasteiger charge is -2.34. The number of nitrogens with two attached hydrogens (primary N) is 1. The van der Waals surface area contributed by atoms with Gasteiger partial charge < -0.3 is 75.9 Å². The van der Waals surface area contributed by atoms with Crippen LogP contribution in [0.3, 0.4) is 0 Å². The maximum absolute atomic E-state index is 12.5. The van der Waals surface area contributed by atoms with Gasteiger partial charge in [-0.25, -0.2) is 39.1 Å². The fraction of sp³-hybridized carbons (Fsp3) is 0.400. The summed E-state index contributed by atoms with van der Waals surface area (Å²) in [6.07, 6.45) is 21.3. The van der Waals surface area contributed by atoms with Crippen molar-refractivity contribution in [3.8, 4) is 12.1 Å². The lowest BCUT2D eigenvalue weighted by Crippen LogP contribution is -2.45. The molecule has 0 saturated carbocycles. The average Bonchev–Trinajstić information content (AvgIpc) is 1.56. The molecule has 4 aliphatic rings. The van der Waals surface area contributed by atoms with Gasteiger partial charge in [-0.3, -0.25) is 19.4 Å². The number of carboxylic acids is 1. The topological polar surface area (TPSA) is 406 Å². The number of amides is 1. The number of carboxylic acid groups (broad SMARTS) is 1. The molecule has 4 atom stereocenters. The predicted octanol–water partition coefficient (Wildman–Crippen LogP) is 11.8. The molecule has 1 amide bonds. The van der Waals surface area contributed by atoms with Gasteiger partial charge in [0.05, 0.1) is 66.2 Å². The van der Waals surface area contributed by atoms with Crippen molar-refractivity contribution in [3.63, 3.8) is 0 Å². The third kappa shape index (κ3) is 23.8. The molecule has 8 aromatic heterocycles. The quantitative estimate of drug-likeness (QED) is 0.0250. The Morgan fingerprint density at radius 1 is 0.509 bits per heavy atom. The summed E-state index contributed by atoms with van der Waals surface area (Å²) in [6, 6.07) is 33.0. The maximum atomic E-state index is 12.5. The Morgan fingerprint density at radius 2 is 0.900 bits per heavy atom. The molecular formula is C80H97ClN18O11. The van der Waals surface area contributed by atoms with Crippen LogP contribution in [0.25, 0.3) is 44.1 Å². The predicted molar refractivity (Wildman–Crippen MR) is 421 cm³/mol. The van der Waals surface area contributed by atoms with Crippen LogP contribution in [-0.2, 0) is 41.6 Å². The number of piperidine rings is 4. The molecule has 11 N–H and O–H groups in total. The second-order valence-corrected chi connectivity index (χ2v) is 26.7. The zero-order valence-corrected chi connectivity index (χ0v) is 63.2. The van der Waals surface area contributed by atoms with E-state index < -0.39 is 24.3 Å². The van der Waals surface area contributed by atoms with Crippen molar-refractivity contribution in [1.29, 1.82) is 10.5 Å². The summed E-state index contributed by atoms with van der Waals surface area (Å²) in [7, 11) is 0. The highest BCUT2D eigenvalue weighted by atomic mass is 35.5. The smallest absolute Gasteiger partial charge is 0.341 e. The van der Waals surface area contributed by atoms with Crippen LogP contribution in [0, 0.1) is 22.7 Å². The van der Waals surface area contributed by atoms with Crippen LogP contribution < -0.4 is 27.0 Å². The molecule has 14 rings (SSSR count). The number of carbonyl (C=O) groups is 6. The summed E-state index contributed by atoms with van der Waals surface area (Å²) in [5, 5.41) is 41.7. The minimum Gasteiger partial charge on any atom is -0.480 e. The molecule has 29 nitrogen and oxygen atoms in total. The summed E-state index contributed by atoms with van der Waals surface area (Å²) < 4.78 is 20.4. The summed E-state index contributed by atoms with van der Waals surface area (Å²) >= 11 is 6.05. The summed E-state index contributed by atoms with van der Waals surface area (Å²) in [5.41, 5.74) is 15.5. The molecule has 0 radical (unpaired) electrons. The standard InChI is InChI=1S/C22H26N4O2.C18H21N5O3.C15H20N4O2.C12H18N2.C10H9ClN2O2.C3H3NO2/c1-2-28-22(27)19-13-24-21-18(10-11-23-21)20(19)25-17-9-6-12-26(15-17)14-16-7-4-3-5-8-16;1-2-26-18(25)14-10-21-17-13(6-8-20-17)16(14)22-12-4-3-9-23(11-12)15(24)5-7-19;1-2-21-15(20)12-9-18-14-11(5-7-17-14)13(12)19-10-4-3-6-16-8-10;13-12-7-4-8-14(10-12)9-11-5-2-1-3-6-11;1-2-15-10(14)7-5-13-9-6(8(7)11)3-4-12-9;4-2-1-3(5)6/h3-5,7-8,10-11,13,17H,2,6,9,12,14-15H2,1H3,(H2,23,24,25);6,8,10,12H,2-5,9,11H2,1H3,(H2,20,21,22);5,7,9-10,16H,2-4,6,8H2,1H3,(H2,17,18,19);1-3,5-6,12H,4,7-10,13H2;3-5H,2H2,1H3,(H,12,13);1H2,(H,5,6)/t17-;12-;10-;12-;;/m1111../s1. The molecule has 0 unspecified atom stereocenters. The van der Waals surface area contributed by atoms with Crippen molar-refractivity contribution in [2.75, 3.05) is 94.7 Å². The number of aliphatic carboxylic acids is 1. The van der Waals surface area contributed by atoms with Crippen molar-refractivity contribution in [3.05, 3.63) is 173 Å². The van der Waals surface area contributed by atoms with Gasteiger partial charge in [0.1, 0.15) is 52.1 Å². The highest BCUT2D eigenvalue weighted by molar-refractivity contribution is 6.38. The van der Waals surface area contributed by atoms with E-state index in [-0.39, 0.29) is 43.0 Å². The number of nitrogens with zero attached hydrogens (tertiary/aromatic N) is 9. The van der Waals surface area contributed by atoms with Gasteiger partial charge in [-0.15, -0.1) is 0 Å². The van der Waals surface area contributed by atoms with E-state index in [9.17, 15) is 28.8 Å². The fourth-order valence-electron chi connectivity index (χ4n) is 13.3. The lowest BCUT2D eigenvalue weighted by molar-refractivity contribution is -0.136. The normalized spacial score (nSPS) is 16.8. The molecule has 4 fully saturated rings. The van der Waals surface area contributed by atoms with Gasteiger partial charge in [0.15, 0.2) is 0 Å². The Hall–Kier alpha value is -11.5. The van der Waals surface area contributed by atoms with Gasteiger partial charge in [0.2, 0.25) is 5.91 Å². The van der Waals surface area contributed by atoms with E-state index in [1.165, 1.54) is 49.0 Å². The van der Waals surface area contributed by atoms with Crippen molar-refractivity contribution < 1.29 is 52.8 Å². The molecule has 0 bridgehead atoms. The molecule has 30 heteroatoms. The number of hydrogen-bond donors (Lipinski definition) is 10. The Labute approximate surface area is 643 Å². The lowest BCUT2D eigenvalue weighted by atomic mass is 10.0. The number of rotatable bonds is 20. The molecule has 4 aliphatic heterocycles. The number of fused-ring (bicyclic) bond motifs is 4. The third-order valence-corrected chi connectivity index (χ3v) is 18.8. The van der Waals surface area contributed by atoms with E-state index in [0.717, 1.165) is 129 Å². The van der Waals surface area contributed by atoms with Crippen LogP contribution >= 0.6 is 11.6 Å². The number of likely N-dealkylation sites (tertiary alicyclic amines) is 3. The SMILES string of the molecule is CCOC(=O)c1cnc2[nH]ccc2c1Cl.CCOC(=O)c1cnc2[nH]ccc2c1N[C@@H]1CCCN(C(=O)CC#N)C1.CCOC(=O)c1cnc2[nH]ccc2c1N[C@@H]1CCCN(Cc2ccccc2)C1.CCOC(=O)c1cnc2[nH]ccc2c1N[C@@H]1CCCNC1.N#CCC(=O)O.N[C@@H]1CCCN(Cc2ccccc2)C1. The van der Waals surface area contributed by atoms with Crippen LogP contribution in [0.5, 0.6) is 0 Å². The number of aromatic amines is 4. The Balaban J connectivity index is 0.000000158. The van der Waals surface area contributed by atoms with Gasteiger partial charge in [0.25, 0.3) is 0 Å². The van der Waals surface area contributed by atoms with E-state index in [0.29, 0.717) is 89.3 Å². The first kappa shape index (κ1) is 82.6. The molecule has 0 spiro atoms. The van der Waals surface area contributed by atoms with Gasteiger partial charge in [-0.05, 0) is 134 Å². The average molecular weight is 1520 g/mol. The summed E-state index contributed by atoms with van der Waals surface area (Å²) in [6.45, 7) is 17.8. The Bertz CT molecular complexity index is 4720. The number of nitrogens with one attached hydrogen (secondary N) is 8. The van der Waals surface area contributed by atoms with E-state index in [4.69, 9.17) is 51.9 Å². The summed E-state index contributed by atoms with van der Waals surface area (Å²) in [4.78, 5) is 106. The molecule has 110 heavy (non-hydrogen) atoms. The highest BCUT2D eigenvalue weighted by Crippen LogP contribution is 2.33. The minimum atomic E-state index is -1.07. The van der Waals surface area contributed by atoms with E-state index in [2.05, 4.69) is 126 Å². The summed E-state index contributed by atoms with van der Waals surface area (Å²) in [5.74, 6) is -2.78. The number of hydrogen-bond acceptors (Lipinski definition) is 23. The highest BCUT2D eigenvalue weighted by Gasteiger charge is 2.29. The zero-order valence-electron chi connectivity index (χ0n) is 62.5. The maximum Gasteiger partial charge on any atom is 0.341 e. The van der Waals surface area contributed by atoms with Crippen LogP contribution in [0.2, 0.25) is 5.02 Å². The number of carbonyl (C=O) groups excluding carboxylic acids is 5. The first-order valence-corrected chi connectivity index (χ1v) is 37.6. The fourth-order valence-corrected chi connectivity index (χ4v) is 13.6. The monoisotopic (exact) mass is 1520 g/mol. The molecule has 0 aliphatic carbocycles. The van der Waals surface area contributed by atoms with E-state index in [1.54, 1.807) is 56.5 Å². The second kappa shape index (κ2) is 42.9. The first-order valence-electron chi connectivity index (χ1n) is 37.2. The van der Waals surface area contributed by atoms with Crippen molar-refractivity contribution in [2.24, 2.45) is 5.73 Å². The molecule has 2 aromatic carbocycles. The van der Waals surface area contributed by atoms with Crippen LogP contribution in [0.15, 0.2) is 135 Å². The van der Waals surface area contributed by atoms with Crippen molar-refractivity contribution in [2.45, 2.75) is 129 Å². The van der Waals surface area contributed by atoms with Gasteiger partial charge in [-0.1, -0.05) is 72.3 Å². The van der Waals surface area contributed by atoms with Crippen molar-refractivity contribution in [1.82, 2.24) is 59.9 Å².